The Bertz CT molecular complexity index is 507. The van der Waals surface area contributed by atoms with Crippen LogP contribution in [-0.4, -0.2) is 38.9 Å². The summed E-state index contributed by atoms with van der Waals surface area (Å²) in [5, 5.41) is 0. The van der Waals surface area contributed by atoms with Gasteiger partial charge in [-0.15, -0.1) is 11.3 Å². The average molecular weight is 291 g/mol. The van der Waals surface area contributed by atoms with E-state index in [1.807, 2.05) is 6.92 Å². The van der Waals surface area contributed by atoms with E-state index in [1.54, 1.807) is 19.1 Å². The zero-order valence-electron chi connectivity index (χ0n) is 10.7. The fourth-order valence-corrected chi connectivity index (χ4v) is 4.23. The van der Waals surface area contributed by atoms with Crippen LogP contribution in [-0.2, 0) is 26.0 Å². The van der Waals surface area contributed by atoms with Gasteiger partial charge in [0.1, 0.15) is 10.8 Å². The maximum absolute atomic E-state index is 12.3. The number of carbonyl (C=O) groups excluding carboxylic acids is 1. The molecular weight excluding hydrogens is 274 g/mol. The molecule has 0 N–H and O–H groups in total. The normalized spacial score (nSPS) is 11.8. The van der Waals surface area contributed by atoms with Crippen LogP contribution in [0.5, 0.6) is 0 Å². The van der Waals surface area contributed by atoms with Crippen LogP contribution in [0, 0.1) is 0 Å². The number of hydrogen-bond acceptors (Lipinski definition) is 5. The van der Waals surface area contributed by atoms with Crippen LogP contribution in [0.4, 0.5) is 0 Å². The van der Waals surface area contributed by atoms with Gasteiger partial charge in [0.05, 0.1) is 7.11 Å². The van der Waals surface area contributed by atoms with E-state index in [2.05, 4.69) is 4.74 Å². The summed E-state index contributed by atoms with van der Waals surface area (Å²) in [7, 11) is -2.36. The summed E-state index contributed by atoms with van der Waals surface area (Å²) >= 11 is 1.24. The van der Waals surface area contributed by atoms with Crippen molar-refractivity contribution in [2.45, 2.75) is 24.5 Å². The van der Waals surface area contributed by atoms with Crippen LogP contribution >= 0.6 is 11.3 Å². The highest BCUT2D eigenvalue weighted by molar-refractivity contribution is 7.91. The number of thiophene rings is 1. The van der Waals surface area contributed by atoms with Crippen LogP contribution in [0.3, 0.4) is 0 Å². The number of methoxy groups -OCH3 is 1. The lowest BCUT2D eigenvalue weighted by Gasteiger charge is -2.17. The third-order valence-electron chi connectivity index (χ3n) is 2.47. The van der Waals surface area contributed by atoms with Gasteiger partial charge in [-0.25, -0.2) is 8.42 Å². The third-order valence-corrected chi connectivity index (χ3v) is 6.08. The molecule has 0 saturated heterocycles. The van der Waals surface area contributed by atoms with Gasteiger partial charge in [-0.05, 0) is 18.6 Å². The number of nitrogens with zero attached hydrogens (tertiary/aromatic N) is 1. The van der Waals surface area contributed by atoms with Crippen LogP contribution in [0.1, 0.15) is 18.7 Å². The Kier molecular flexibility index (Phi) is 5.30. The molecule has 5 nitrogen and oxygen atoms in total. The van der Waals surface area contributed by atoms with Gasteiger partial charge in [0.15, 0.2) is 0 Å². The van der Waals surface area contributed by atoms with Crippen molar-refractivity contribution in [3.05, 3.63) is 17.0 Å². The summed E-state index contributed by atoms with van der Waals surface area (Å²) in [5.41, 5.74) is 0. The third kappa shape index (κ3) is 3.30. The van der Waals surface area contributed by atoms with Crippen molar-refractivity contribution >= 4 is 27.3 Å². The van der Waals surface area contributed by atoms with Crippen molar-refractivity contribution in [1.82, 2.24) is 4.31 Å². The van der Waals surface area contributed by atoms with Crippen molar-refractivity contribution in [2.24, 2.45) is 0 Å². The number of carbonyl (C=O) groups is 1. The Balaban J connectivity index is 2.99. The number of rotatable bonds is 6. The second kappa shape index (κ2) is 6.31. The summed E-state index contributed by atoms with van der Waals surface area (Å²) in [6.45, 7) is 3.63. The summed E-state index contributed by atoms with van der Waals surface area (Å²) in [4.78, 5) is 12.2. The quantitative estimate of drug-likeness (QED) is 0.745. The summed E-state index contributed by atoms with van der Waals surface area (Å²) in [6, 6.07) is 3.38. The number of aryl methyl sites for hydroxylation is 1. The maximum Gasteiger partial charge on any atom is 0.321 e. The van der Waals surface area contributed by atoms with Crippen molar-refractivity contribution in [1.29, 1.82) is 0 Å². The minimum absolute atomic E-state index is 0.233. The molecule has 0 saturated carbocycles. The lowest BCUT2D eigenvalue weighted by atomic mass is 10.4. The molecule has 0 amide bonds. The summed E-state index contributed by atoms with van der Waals surface area (Å²) in [6.07, 6.45) is 0.795. The lowest BCUT2D eigenvalue weighted by molar-refractivity contribution is -0.140. The number of likely N-dealkylation sites (N-methyl/N-ethyl adjacent to an activating group) is 1. The van der Waals surface area contributed by atoms with Gasteiger partial charge in [0, 0.05) is 11.4 Å². The van der Waals surface area contributed by atoms with E-state index in [0.717, 1.165) is 15.6 Å². The smallest absolute Gasteiger partial charge is 0.321 e. The maximum atomic E-state index is 12.3. The standard InChI is InChI=1S/C11H17NO4S2/c1-4-9-6-7-11(17-9)18(14,15)12(5-2)8-10(13)16-3/h6-7H,4-5,8H2,1-3H3. The van der Waals surface area contributed by atoms with E-state index < -0.39 is 16.0 Å². The van der Waals surface area contributed by atoms with Crippen molar-refractivity contribution in [2.75, 3.05) is 20.2 Å². The Labute approximate surface area is 111 Å². The summed E-state index contributed by atoms with van der Waals surface area (Å²) < 4.78 is 30.4. The monoisotopic (exact) mass is 291 g/mol. The molecule has 0 aliphatic heterocycles. The Hall–Kier alpha value is -0.920. The second-order valence-electron chi connectivity index (χ2n) is 3.58. The van der Waals surface area contributed by atoms with Gasteiger partial charge >= 0.3 is 5.97 Å². The van der Waals surface area contributed by atoms with Crippen molar-refractivity contribution < 1.29 is 17.9 Å². The van der Waals surface area contributed by atoms with Gasteiger partial charge < -0.3 is 4.74 Å². The molecule has 0 aliphatic carbocycles. The van der Waals surface area contributed by atoms with Gasteiger partial charge in [0.2, 0.25) is 0 Å². The van der Waals surface area contributed by atoms with Crippen molar-refractivity contribution in [3.8, 4) is 0 Å². The molecule has 7 heteroatoms. The molecule has 0 bridgehead atoms. The number of sulfonamides is 1. The van der Waals surface area contributed by atoms with Gasteiger partial charge in [-0.3, -0.25) is 4.79 Å². The fraction of sp³-hybridized carbons (Fsp3) is 0.545. The Morgan fingerprint density at radius 2 is 2.06 bits per heavy atom. The van der Waals surface area contributed by atoms with Crippen LogP contribution in [0.25, 0.3) is 0 Å². The van der Waals surface area contributed by atoms with Crippen LogP contribution in [0.15, 0.2) is 16.3 Å². The first-order valence-electron chi connectivity index (χ1n) is 5.61. The van der Waals surface area contributed by atoms with E-state index in [4.69, 9.17) is 0 Å². The molecule has 0 fully saturated rings. The number of hydrogen-bond donors (Lipinski definition) is 0. The first-order valence-corrected chi connectivity index (χ1v) is 7.87. The fourth-order valence-electron chi connectivity index (χ4n) is 1.39. The minimum Gasteiger partial charge on any atom is -0.468 e. The zero-order valence-corrected chi connectivity index (χ0v) is 12.3. The molecule has 1 aromatic heterocycles. The SMILES string of the molecule is CCc1ccc(S(=O)(=O)N(CC)CC(=O)OC)s1. The minimum atomic E-state index is -3.59. The van der Waals surface area contributed by atoms with E-state index in [1.165, 1.54) is 18.4 Å². The van der Waals surface area contributed by atoms with Gasteiger partial charge in [0.25, 0.3) is 10.0 Å². The van der Waals surface area contributed by atoms with Crippen LogP contribution < -0.4 is 0 Å². The average Bonchev–Trinajstić information content (AvgIpc) is 2.84. The van der Waals surface area contributed by atoms with E-state index in [9.17, 15) is 13.2 Å². The van der Waals surface area contributed by atoms with Gasteiger partial charge in [-0.1, -0.05) is 13.8 Å². The highest BCUT2D eigenvalue weighted by atomic mass is 32.2. The topological polar surface area (TPSA) is 63.7 Å². The molecule has 0 aliphatic rings. The summed E-state index contributed by atoms with van der Waals surface area (Å²) in [5.74, 6) is -0.562. The largest absolute Gasteiger partial charge is 0.468 e. The van der Waals surface area contributed by atoms with Gasteiger partial charge in [-0.2, -0.15) is 4.31 Å². The number of ether oxygens (including phenoxy) is 1. The van der Waals surface area contributed by atoms with Crippen LogP contribution in [0.2, 0.25) is 0 Å². The lowest BCUT2D eigenvalue weighted by Crippen LogP contribution is -2.35. The molecule has 18 heavy (non-hydrogen) atoms. The molecule has 0 radical (unpaired) electrons. The molecule has 0 unspecified atom stereocenters. The first-order chi connectivity index (χ1) is 8.45. The van der Waals surface area contributed by atoms with E-state index in [0.29, 0.717) is 0 Å². The van der Waals surface area contributed by atoms with E-state index >= 15 is 0 Å². The highest BCUT2D eigenvalue weighted by Crippen LogP contribution is 2.25. The molecular formula is C11H17NO4S2. The number of esters is 1. The zero-order chi connectivity index (χ0) is 13.8. The Morgan fingerprint density at radius 1 is 1.39 bits per heavy atom. The van der Waals surface area contributed by atoms with E-state index in [-0.39, 0.29) is 17.3 Å². The molecule has 1 aromatic rings. The highest BCUT2D eigenvalue weighted by Gasteiger charge is 2.26. The molecule has 0 spiro atoms. The predicted molar refractivity (Wildman–Crippen MR) is 70.1 cm³/mol. The molecule has 102 valence electrons. The molecule has 0 atom stereocenters. The molecule has 1 heterocycles. The second-order valence-corrected chi connectivity index (χ2v) is 6.91. The first kappa shape index (κ1) is 15.1. The Morgan fingerprint density at radius 3 is 2.50 bits per heavy atom. The molecule has 1 rings (SSSR count). The van der Waals surface area contributed by atoms with Crippen molar-refractivity contribution in [3.63, 3.8) is 0 Å². The predicted octanol–water partition coefficient (Wildman–Crippen LogP) is 1.49. The molecule has 0 aromatic carbocycles.